The van der Waals surface area contributed by atoms with Crippen LogP contribution in [0.2, 0.25) is 5.02 Å². The van der Waals surface area contributed by atoms with Gasteiger partial charge in [0.25, 0.3) is 0 Å². The molecule has 0 aromatic carbocycles. The minimum absolute atomic E-state index is 0.00872. The summed E-state index contributed by atoms with van der Waals surface area (Å²) in [7, 11) is 0. The Morgan fingerprint density at radius 3 is 2.81 bits per heavy atom. The molecule has 7 heteroatoms. The van der Waals surface area contributed by atoms with E-state index >= 15 is 0 Å². The standard InChI is InChI=1S/C19H24ClN3O3/c20-14-6-7-21-17-16(14)15(10-23(17)8-9-24)22-18(25)19(11-26-12-19)13-4-2-1-3-5-13/h6-7,10,13,24H,1-5,8-9,11-12H2,(H,22,25). The second kappa shape index (κ2) is 7.18. The van der Waals surface area contributed by atoms with E-state index in [2.05, 4.69) is 10.3 Å². The Labute approximate surface area is 157 Å². The second-order valence-electron chi connectivity index (χ2n) is 7.39. The van der Waals surface area contributed by atoms with Gasteiger partial charge in [0.2, 0.25) is 5.91 Å². The molecule has 1 aliphatic heterocycles. The molecule has 0 bridgehead atoms. The van der Waals surface area contributed by atoms with Crippen molar-refractivity contribution in [1.82, 2.24) is 9.55 Å². The number of nitrogens with one attached hydrogen (secondary N) is 1. The van der Waals surface area contributed by atoms with E-state index in [1.54, 1.807) is 12.3 Å². The number of carbonyl (C=O) groups is 1. The highest BCUT2D eigenvalue weighted by Crippen LogP contribution is 2.45. The Balaban J connectivity index is 1.65. The first-order chi connectivity index (χ1) is 12.7. The van der Waals surface area contributed by atoms with Crippen LogP contribution in [-0.2, 0) is 16.1 Å². The van der Waals surface area contributed by atoms with Gasteiger partial charge in [0.05, 0.1) is 41.3 Å². The first-order valence-electron chi connectivity index (χ1n) is 9.29. The van der Waals surface area contributed by atoms with Crippen molar-refractivity contribution >= 4 is 34.2 Å². The number of anilines is 1. The minimum atomic E-state index is -0.430. The third-order valence-electron chi connectivity index (χ3n) is 5.85. The lowest BCUT2D eigenvalue weighted by Gasteiger charge is -2.47. The first-order valence-corrected chi connectivity index (χ1v) is 9.67. The summed E-state index contributed by atoms with van der Waals surface area (Å²) in [6, 6.07) is 1.71. The van der Waals surface area contributed by atoms with E-state index in [1.807, 2.05) is 10.8 Å². The number of ether oxygens (including phenoxy) is 1. The Kier molecular flexibility index (Phi) is 4.90. The fraction of sp³-hybridized carbons (Fsp3) is 0.579. The molecule has 0 radical (unpaired) electrons. The van der Waals surface area contributed by atoms with Gasteiger partial charge in [-0.1, -0.05) is 30.9 Å². The summed E-state index contributed by atoms with van der Waals surface area (Å²) in [5, 5.41) is 13.7. The Hall–Kier alpha value is -1.63. The van der Waals surface area contributed by atoms with Gasteiger partial charge in [0.15, 0.2) is 0 Å². The fourth-order valence-corrected chi connectivity index (χ4v) is 4.57. The molecule has 2 aliphatic rings. The van der Waals surface area contributed by atoms with Gasteiger partial charge < -0.3 is 19.7 Å². The number of aliphatic hydroxyl groups is 1. The number of carbonyl (C=O) groups excluding carboxylic acids is 1. The van der Waals surface area contributed by atoms with E-state index in [0.29, 0.717) is 42.0 Å². The van der Waals surface area contributed by atoms with Gasteiger partial charge >= 0.3 is 0 Å². The molecular weight excluding hydrogens is 354 g/mol. The highest BCUT2D eigenvalue weighted by atomic mass is 35.5. The lowest BCUT2D eigenvalue weighted by molar-refractivity contribution is -0.172. The monoisotopic (exact) mass is 377 g/mol. The zero-order valence-electron chi connectivity index (χ0n) is 14.7. The molecule has 2 fully saturated rings. The molecular formula is C19H24ClN3O3. The van der Waals surface area contributed by atoms with Crippen molar-refractivity contribution in [2.24, 2.45) is 11.3 Å². The molecule has 1 aliphatic carbocycles. The van der Waals surface area contributed by atoms with Crippen molar-refractivity contribution in [3.8, 4) is 0 Å². The summed E-state index contributed by atoms with van der Waals surface area (Å²) >= 11 is 6.38. The molecule has 2 aromatic rings. The van der Waals surface area contributed by atoms with Crippen molar-refractivity contribution in [3.05, 3.63) is 23.5 Å². The van der Waals surface area contributed by atoms with Crippen molar-refractivity contribution in [2.75, 3.05) is 25.1 Å². The third-order valence-corrected chi connectivity index (χ3v) is 6.17. The molecule has 140 valence electrons. The summed E-state index contributed by atoms with van der Waals surface area (Å²) in [5.41, 5.74) is 0.887. The van der Waals surface area contributed by atoms with Crippen LogP contribution in [0.25, 0.3) is 11.0 Å². The van der Waals surface area contributed by atoms with Crippen molar-refractivity contribution in [2.45, 2.75) is 38.6 Å². The van der Waals surface area contributed by atoms with Gasteiger partial charge in [-0.3, -0.25) is 4.79 Å². The Morgan fingerprint density at radius 2 is 2.15 bits per heavy atom. The summed E-state index contributed by atoms with van der Waals surface area (Å²) in [6.45, 7) is 1.37. The zero-order chi connectivity index (χ0) is 18.1. The summed E-state index contributed by atoms with van der Waals surface area (Å²) in [5.74, 6) is 0.392. The van der Waals surface area contributed by atoms with E-state index < -0.39 is 5.41 Å². The largest absolute Gasteiger partial charge is 0.395 e. The number of rotatable bonds is 5. The predicted octanol–water partition coefficient (Wildman–Crippen LogP) is 3.22. The molecule has 0 spiro atoms. The van der Waals surface area contributed by atoms with E-state index in [-0.39, 0.29) is 12.5 Å². The van der Waals surface area contributed by atoms with Crippen LogP contribution in [-0.4, -0.2) is 40.4 Å². The second-order valence-corrected chi connectivity index (χ2v) is 7.80. The van der Waals surface area contributed by atoms with Crippen LogP contribution < -0.4 is 5.32 Å². The fourth-order valence-electron chi connectivity index (χ4n) is 4.33. The molecule has 0 atom stereocenters. The van der Waals surface area contributed by atoms with Crippen molar-refractivity contribution in [3.63, 3.8) is 0 Å². The van der Waals surface area contributed by atoms with Gasteiger partial charge in [-0.05, 0) is 24.8 Å². The maximum atomic E-state index is 13.2. The van der Waals surface area contributed by atoms with Crippen LogP contribution in [0.15, 0.2) is 18.5 Å². The maximum Gasteiger partial charge on any atom is 0.235 e. The first kappa shape index (κ1) is 17.8. The van der Waals surface area contributed by atoms with E-state index in [9.17, 15) is 9.90 Å². The number of hydrogen-bond donors (Lipinski definition) is 2. The highest BCUT2D eigenvalue weighted by molar-refractivity contribution is 6.36. The Morgan fingerprint density at radius 1 is 1.38 bits per heavy atom. The summed E-state index contributed by atoms with van der Waals surface area (Å²) in [6.07, 6.45) is 9.25. The predicted molar refractivity (Wildman–Crippen MR) is 100 cm³/mol. The molecule has 1 saturated heterocycles. The molecule has 6 nitrogen and oxygen atoms in total. The van der Waals surface area contributed by atoms with Crippen LogP contribution in [0.1, 0.15) is 32.1 Å². The molecule has 2 aromatic heterocycles. The minimum Gasteiger partial charge on any atom is -0.395 e. The van der Waals surface area contributed by atoms with Gasteiger partial charge in [-0.25, -0.2) is 4.98 Å². The number of hydrogen-bond acceptors (Lipinski definition) is 4. The molecule has 0 unspecified atom stereocenters. The SMILES string of the molecule is O=C(Nc1cn(CCO)c2nccc(Cl)c12)C1(C2CCCCC2)COC1. The van der Waals surface area contributed by atoms with E-state index in [4.69, 9.17) is 16.3 Å². The van der Waals surface area contributed by atoms with E-state index in [1.165, 1.54) is 19.3 Å². The van der Waals surface area contributed by atoms with Crippen LogP contribution >= 0.6 is 11.6 Å². The molecule has 26 heavy (non-hydrogen) atoms. The average Bonchev–Trinajstić information content (AvgIpc) is 2.94. The van der Waals surface area contributed by atoms with Gasteiger partial charge in [-0.15, -0.1) is 0 Å². The third kappa shape index (κ3) is 2.90. The average molecular weight is 378 g/mol. The van der Waals surface area contributed by atoms with E-state index in [0.717, 1.165) is 18.2 Å². The number of nitrogens with zero attached hydrogens (tertiary/aromatic N) is 2. The molecule has 3 heterocycles. The quantitative estimate of drug-likeness (QED) is 0.838. The number of fused-ring (bicyclic) bond motifs is 1. The summed E-state index contributed by atoms with van der Waals surface area (Å²) < 4.78 is 7.29. The lowest BCUT2D eigenvalue weighted by atomic mass is 9.66. The van der Waals surface area contributed by atoms with Gasteiger partial charge in [0.1, 0.15) is 5.65 Å². The molecule has 1 amide bonds. The summed E-state index contributed by atoms with van der Waals surface area (Å²) in [4.78, 5) is 17.6. The normalized spacial score (nSPS) is 20.1. The zero-order valence-corrected chi connectivity index (χ0v) is 15.5. The number of aliphatic hydroxyl groups excluding tert-OH is 1. The maximum absolute atomic E-state index is 13.2. The van der Waals surface area contributed by atoms with Crippen LogP contribution in [0.3, 0.4) is 0 Å². The smallest absolute Gasteiger partial charge is 0.235 e. The number of pyridine rings is 1. The molecule has 2 N–H and O–H groups in total. The van der Waals surface area contributed by atoms with Gasteiger partial charge in [-0.2, -0.15) is 0 Å². The lowest BCUT2D eigenvalue weighted by Crippen LogP contribution is -2.56. The topological polar surface area (TPSA) is 76.4 Å². The van der Waals surface area contributed by atoms with Crippen LogP contribution in [0.5, 0.6) is 0 Å². The molecule has 1 saturated carbocycles. The number of amides is 1. The van der Waals surface area contributed by atoms with Gasteiger partial charge in [0, 0.05) is 18.9 Å². The van der Waals surface area contributed by atoms with Crippen molar-refractivity contribution in [1.29, 1.82) is 0 Å². The molecule has 4 rings (SSSR count). The number of aromatic nitrogens is 2. The number of halogens is 1. The van der Waals surface area contributed by atoms with Crippen LogP contribution in [0.4, 0.5) is 5.69 Å². The highest BCUT2D eigenvalue weighted by Gasteiger charge is 2.51. The van der Waals surface area contributed by atoms with Crippen LogP contribution in [0, 0.1) is 11.3 Å². The Bertz CT molecular complexity index is 810. The van der Waals surface area contributed by atoms with Crippen molar-refractivity contribution < 1.29 is 14.6 Å².